The molecule has 6 heteroatoms. The Kier molecular flexibility index (Phi) is 4.38. The van der Waals surface area contributed by atoms with Crippen LogP contribution in [-0.2, 0) is 5.41 Å². The summed E-state index contributed by atoms with van der Waals surface area (Å²) in [7, 11) is 1.61. The number of hydrogen-bond acceptors (Lipinski definition) is 2. The second-order valence-corrected chi connectivity index (χ2v) is 5.91. The molecule has 0 saturated heterocycles. The van der Waals surface area contributed by atoms with Crippen LogP contribution in [0.15, 0.2) is 42.5 Å². The number of amides is 2. The van der Waals surface area contributed by atoms with Crippen LogP contribution in [0.25, 0.3) is 0 Å². The third-order valence-corrected chi connectivity index (χ3v) is 4.34. The number of halogens is 2. The molecule has 126 valence electrons. The number of hydrogen-bond donors (Lipinski definition) is 2. The number of benzene rings is 2. The van der Waals surface area contributed by atoms with Gasteiger partial charge in [0, 0.05) is 12.0 Å². The van der Waals surface area contributed by atoms with E-state index in [-0.39, 0.29) is 5.41 Å². The molecule has 1 fully saturated rings. The van der Waals surface area contributed by atoms with Gasteiger partial charge in [0.25, 0.3) is 0 Å². The summed E-state index contributed by atoms with van der Waals surface area (Å²) < 4.78 is 32.2. The summed E-state index contributed by atoms with van der Waals surface area (Å²) >= 11 is 0. The van der Waals surface area contributed by atoms with Gasteiger partial charge in [0.2, 0.25) is 0 Å². The zero-order valence-corrected chi connectivity index (χ0v) is 13.2. The Morgan fingerprint density at radius 1 is 1.12 bits per heavy atom. The molecule has 1 aliphatic rings. The van der Waals surface area contributed by atoms with Crippen LogP contribution in [0.2, 0.25) is 0 Å². The number of rotatable bonds is 5. The highest BCUT2D eigenvalue weighted by Crippen LogP contribution is 2.47. The van der Waals surface area contributed by atoms with Crippen molar-refractivity contribution in [3.63, 3.8) is 0 Å². The van der Waals surface area contributed by atoms with Gasteiger partial charge in [-0.25, -0.2) is 13.6 Å². The van der Waals surface area contributed by atoms with Crippen LogP contribution < -0.4 is 15.4 Å². The molecule has 2 aromatic carbocycles. The number of anilines is 1. The first-order valence-corrected chi connectivity index (χ1v) is 7.67. The van der Waals surface area contributed by atoms with E-state index in [0.29, 0.717) is 6.54 Å². The molecule has 0 spiro atoms. The summed E-state index contributed by atoms with van der Waals surface area (Å²) in [5.41, 5.74) is 0.558. The first-order chi connectivity index (χ1) is 11.5. The molecular formula is C18H18F2N2O2. The number of carbonyl (C=O) groups excluding carboxylic acids is 1. The highest BCUT2D eigenvalue weighted by atomic mass is 19.1. The van der Waals surface area contributed by atoms with E-state index in [9.17, 15) is 13.6 Å². The van der Waals surface area contributed by atoms with Gasteiger partial charge >= 0.3 is 6.03 Å². The number of urea groups is 1. The Balaban J connectivity index is 1.61. The molecule has 0 heterocycles. The van der Waals surface area contributed by atoms with Crippen LogP contribution in [0, 0.1) is 11.6 Å². The topological polar surface area (TPSA) is 50.4 Å². The van der Waals surface area contributed by atoms with E-state index in [2.05, 4.69) is 10.6 Å². The summed E-state index contributed by atoms with van der Waals surface area (Å²) in [4.78, 5) is 11.9. The van der Waals surface area contributed by atoms with Crippen LogP contribution in [0.5, 0.6) is 5.75 Å². The average Bonchev–Trinajstić information content (AvgIpc) is 3.38. The summed E-state index contributed by atoms with van der Waals surface area (Å²) in [5.74, 6) is -0.835. The number of carbonyl (C=O) groups is 1. The van der Waals surface area contributed by atoms with Gasteiger partial charge < -0.3 is 15.4 Å². The van der Waals surface area contributed by atoms with E-state index in [1.807, 2.05) is 24.3 Å². The van der Waals surface area contributed by atoms with Crippen LogP contribution in [0.4, 0.5) is 19.3 Å². The molecule has 24 heavy (non-hydrogen) atoms. The van der Waals surface area contributed by atoms with Crippen LogP contribution in [0.1, 0.15) is 18.4 Å². The van der Waals surface area contributed by atoms with Crippen molar-refractivity contribution in [2.24, 2.45) is 0 Å². The predicted molar refractivity (Wildman–Crippen MR) is 87.3 cm³/mol. The minimum atomic E-state index is -0.804. The molecule has 0 radical (unpaired) electrons. The van der Waals surface area contributed by atoms with Crippen LogP contribution in [0.3, 0.4) is 0 Å². The molecule has 0 aliphatic heterocycles. The molecule has 3 rings (SSSR count). The Morgan fingerprint density at radius 3 is 2.29 bits per heavy atom. The third kappa shape index (κ3) is 3.32. The highest BCUT2D eigenvalue weighted by Gasteiger charge is 2.44. The predicted octanol–water partition coefficient (Wildman–Crippen LogP) is 3.83. The van der Waals surface area contributed by atoms with Gasteiger partial charge in [0.15, 0.2) is 0 Å². The SMILES string of the molecule is COc1ccc(C2(CNC(=O)Nc3c(F)cccc3F)CC2)cc1. The molecule has 1 aliphatic carbocycles. The first kappa shape index (κ1) is 16.2. The van der Waals surface area contributed by atoms with Crippen LogP contribution >= 0.6 is 0 Å². The van der Waals surface area contributed by atoms with Crippen molar-refractivity contribution in [1.82, 2.24) is 5.32 Å². The Morgan fingerprint density at radius 2 is 1.75 bits per heavy atom. The molecule has 0 atom stereocenters. The summed E-state index contributed by atoms with van der Waals surface area (Å²) in [6, 6.07) is 10.5. The maximum atomic E-state index is 13.5. The number of methoxy groups -OCH3 is 1. The van der Waals surface area contributed by atoms with E-state index in [0.717, 1.165) is 36.3 Å². The van der Waals surface area contributed by atoms with Gasteiger partial charge in [-0.3, -0.25) is 0 Å². The lowest BCUT2D eigenvalue weighted by Crippen LogP contribution is -2.35. The van der Waals surface area contributed by atoms with Gasteiger partial charge in [0.1, 0.15) is 23.1 Å². The molecular weight excluding hydrogens is 314 g/mol. The van der Waals surface area contributed by atoms with Gasteiger partial charge in [-0.1, -0.05) is 18.2 Å². The summed E-state index contributed by atoms with van der Waals surface area (Å²) in [5, 5.41) is 4.93. The van der Waals surface area contributed by atoms with E-state index >= 15 is 0 Å². The minimum absolute atomic E-state index is 0.114. The van der Waals surface area contributed by atoms with Crippen molar-refractivity contribution >= 4 is 11.7 Å². The zero-order chi connectivity index (χ0) is 17.2. The molecule has 2 amide bonds. The Labute approximate surface area is 138 Å². The fraction of sp³-hybridized carbons (Fsp3) is 0.278. The van der Waals surface area contributed by atoms with Crippen molar-refractivity contribution in [1.29, 1.82) is 0 Å². The maximum Gasteiger partial charge on any atom is 0.319 e. The lowest BCUT2D eigenvalue weighted by Gasteiger charge is -2.17. The molecule has 1 saturated carbocycles. The number of ether oxygens (including phenoxy) is 1. The van der Waals surface area contributed by atoms with Crippen molar-refractivity contribution < 1.29 is 18.3 Å². The van der Waals surface area contributed by atoms with Crippen LogP contribution in [-0.4, -0.2) is 19.7 Å². The fourth-order valence-corrected chi connectivity index (χ4v) is 2.69. The molecule has 0 unspecified atom stereocenters. The van der Waals surface area contributed by atoms with E-state index in [1.54, 1.807) is 7.11 Å². The molecule has 2 aromatic rings. The number of nitrogens with one attached hydrogen (secondary N) is 2. The quantitative estimate of drug-likeness (QED) is 0.874. The fourth-order valence-electron chi connectivity index (χ4n) is 2.69. The highest BCUT2D eigenvalue weighted by molar-refractivity contribution is 5.89. The summed E-state index contributed by atoms with van der Waals surface area (Å²) in [6.07, 6.45) is 1.90. The van der Waals surface area contributed by atoms with Gasteiger partial charge in [-0.05, 0) is 42.7 Å². The van der Waals surface area contributed by atoms with Crippen molar-refractivity contribution in [2.45, 2.75) is 18.3 Å². The minimum Gasteiger partial charge on any atom is -0.497 e. The second-order valence-electron chi connectivity index (χ2n) is 5.91. The van der Waals surface area contributed by atoms with E-state index in [1.165, 1.54) is 6.07 Å². The van der Waals surface area contributed by atoms with E-state index in [4.69, 9.17) is 4.74 Å². The van der Waals surface area contributed by atoms with Crippen molar-refractivity contribution in [3.8, 4) is 5.75 Å². The monoisotopic (exact) mass is 332 g/mol. The molecule has 2 N–H and O–H groups in total. The summed E-state index contributed by atoms with van der Waals surface area (Å²) in [6.45, 7) is 0.404. The Bertz CT molecular complexity index is 723. The van der Waals surface area contributed by atoms with E-state index < -0.39 is 23.4 Å². The standard InChI is InChI=1S/C18H18F2N2O2/c1-24-13-7-5-12(6-8-13)18(9-10-18)11-21-17(23)22-16-14(19)3-2-4-15(16)20/h2-8H,9-11H2,1H3,(H2,21,22,23). The first-order valence-electron chi connectivity index (χ1n) is 7.67. The average molecular weight is 332 g/mol. The number of para-hydroxylation sites is 1. The normalized spacial score (nSPS) is 14.8. The largest absolute Gasteiger partial charge is 0.497 e. The lowest BCUT2D eigenvalue weighted by molar-refractivity contribution is 0.251. The Hall–Kier alpha value is -2.63. The van der Waals surface area contributed by atoms with Gasteiger partial charge in [-0.15, -0.1) is 0 Å². The molecule has 0 aromatic heterocycles. The van der Waals surface area contributed by atoms with Crippen molar-refractivity contribution in [2.75, 3.05) is 19.0 Å². The lowest BCUT2D eigenvalue weighted by atomic mass is 9.96. The maximum absolute atomic E-state index is 13.5. The molecule has 4 nitrogen and oxygen atoms in total. The molecule has 0 bridgehead atoms. The van der Waals surface area contributed by atoms with Crippen molar-refractivity contribution in [3.05, 3.63) is 59.7 Å². The third-order valence-electron chi connectivity index (χ3n) is 4.34. The zero-order valence-electron chi connectivity index (χ0n) is 13.2. The van der Waals surface area contributed by atoms with Gasteiger partial charge in [0.05, 0.1) is 7.11 Å². The second kappa shape index (κ2) is 6.47. The smallest absolute Gasteiger partial charge is 0.319 e. The van der Waals surface area contributed by atoms with Gasteiger partial charge in [-0.2, -0.15) is 0 Å².